The Morgan fingerprint density at radius 3 is 2.58 bits per heavy atom. The number of aromatic nitrogens is 2. The second kappa shape index (κ2) is 7.72. The minimum absolute atomic E-state index is 0.359. The predicted molar refractivity (Wildman–Crippen MR) is 105 cm³/mol. The highest BCUT2D eigenvalue weighted by Crippen LogP contribution is 2.22. The molecule has 0 aliphatic carbocycles. The summed E-state index contributed by atoms with van der Waals surface area (Å²) >= 11 is 12.5. The van der Waals surface area contributed by atoms with Gasteiger partial charge in [0.2, 0.25) is 0 Å². The van der Waals surface area contributed by atoms with Gasteiger partial charge >= 0.3 is 0 Å². The van der Waals surface area contributed by atoms with Gasteiger partial charge < -0.3 is 0 Å². The predicted octanol–water partition coefficient (Wildman–Crippen LogP) is 4.56. The van der Waals surface area contributed by atoms with Crippen LogP contribution in [-0.2, 0) is 0 Å². The lowest BCUT2D eigenvalue weighted by Crippen LogP contribution is -2.18. The fourth-order valence-electron chi connectivity index (χ4n) is 2.42. The van der Waals surface area contributed by atoms with Crippen molar-refractivity contribution in [3.8, 4) is 5.69 Å². The number of aryl methyl sites for hydroxylation is 2. The van der Waals surface area contributed by atoms with Gasteiger partial charge in [-0.15, -0.1) is 0 Å². The Hall–Kier alpha value is -2.63. The minimum atomic E-state index is -0.393. The molecular formula is C19H16Cl2N4O. The van der Waals surface area contributed by atoms with E-state index >= 15 is 0 Å². The molecule has 5 nitrogen and oxygen atoms in total. The van der Waals surface area contributed by atoms with Gasteiger partial charge in [0, 0.05) is 0 Å². The Morgan fingerprint density at radius 2 is 1.88 bits per heavy atom. The van der Waals surface area contributed by atoms with Gasteiger partial charge in [0.1, 0.15) is 5.15 Å². The molecule has 2 aromatic carbocycles. The maximum absolute atomic E-state index is 12.2. The summed E-state index contributed by atoms with van der Waals surface area (Å²) in [5, 5.41) is 9.20. The van der Waals surface area contributed by atoms with Crippen LogP contribution in [0.3, 0.4) is 0 Å². The molecule has 0 aliphatic rings. The quantitative estimate of drug-likeness (QED) is 0.527. The summed E-state index contributed by atoms with van der Waals surface area (Å²) in [7, 11) is 0. The van der Waals surface area contributed by atoms with Crippen LogP contribution < -0.4 is 5.43 Å². The average molecular weight is 387 g/mol. The fraction of sp³-hybridized carbons (Fsp3) is 0.105. The Kier molecular flexibility index (Phi) is 5.40. The lowest BCUT2D eigenvalue weighted by Gasteiger charge is -2.03. The van der Waals surface area contributed by atoms with E-state index in [4.69, 9.17) is 23.2 Å². The first-order valence-electron chi connectivity index (χ1n) is 7.87. The van der Waals surface area contributed by atoms with E-state index in [1.165, 1.54) is 6.21 Å². The number of amides is 1. The molecule has 0 aliphatic heterocycles. The van der Waals surface area contributed by atoms with Crippen molar-refractivity contribution in [1.82, 2.24) is 15.2 Å². The molecule has 0 radical (unpaired) electrons. The van der Waals surface area contributed by atoms with Gasteiger partial charge in [-0.1, -0.05) is 47.5 Å². The van der Waals surface area contributed by atoms with Crippen molar-refractivity contribution in [3.05, 3.63) is 81.1 Å². The first-order valence-corrected chi connectivity index (χ1v) is 8.63. The summed E-state index contributed by atoms with van der Waals surface area (Å²) in [6, 6.07) is 14.7. The van der Waals surface area contributed by atoms with E-state index in [1.54, 1.807) is 16.8 Å². The lowest BCUT2D eigenvalue weighted by atomic mass is 10.1. The second-order valence-corrected chi connectivity index (χ2v) is 6.48. The minimum Gasteiger partial charge on any atom is -0.267 e. The SMILES string of the molecule is Cc1ccc(C(=O)NN=Cc2c(C)nn(-c3ccccc3)c2Cl)c(Cl)c1. The zero-order valence-electron chi connectivity index (χ0n) is 14.2. The molecule has 26 heavy (non-hydrogen) atoms. The number of hydrazone groups is 1. The molecule has 0 saturated heterocycles. The first kappa shape index (κ1) is 18.2. The second-order valence-electron chi connectivity index (χ2n) is 5.72. The molecule has 0 spiro atoms. The summed E-state index contributed by atoms with van der Waals surface area (Å²) < 4.78 is 1.62. The number of hydrogen-bond donors (Lipinski definition) is 1. The largest absolute Gasteiger partial charge is 0.272 e. The third-order valence-electron chi connectivity index (χ3n) is 3.78. The van der Waals surface area contributed by atoms with E-state index in [0.717, 1.165) is 11.3 Å². The van der Waals surface area contributed by atoms with E-state index < -0.39 is 5.91 Å². The van der Waals surface area contributed by atoms with Crippen molar-refractivity contribution in [3.63, 3.8) is 0 Å². The number of benzene rings is 2. The highest BCUT2D eigenvalue weighted by atomic mass is 35.5. The monoisotopic (exact) mass is 386 g/mol. The molecule has 132 valence electrons. The number of rotatable bonds is 4. The van der Waals surface area contributed by atoms with E-state index in [0.29, 0.717) is 27.0 Å². The van der Waals surface area contributed by atoms with E-state index in [9.17, 15) is 4.79 Å². The Morgan fingerprint density at radius 1 is 1.15 bits per heavy atom. The van der Waals surface area contributed by atoms with Gasteiger partial charge in [-0.2, -0.15) is 10.2 Å². The third kappa shape index (κ3) is 3.79. The van der Waals surface area contributed by atoms with Crippen molar-refractivity contribution in [2.45, 2.75) is 13.8 Å². The van der Waals surface area contributed by atoms with Gasteiger partial charge in [-0.3, -0.25) is 4.79 Å². The molecule has 7 heteroatoms. The number of carbonyl (C=O) groups excluding carboxylic acids is 1. The standard InChI is InChI=1S/C19H16Cl2N4O/c1-12-8-9-15(17(20)10-12)19(26)23-22-11-16-13(2)24-25(18(16)21)14-6-4-3-5-7-14/h3-11H,1-2H3,(H,23,26). The van der Waals surface area contributed by atoms with Crippen LogP contribution in [0.5, 0.6) is 0 Å². The van der Waals surface area contributed by atoms with Gasteiger partial charge in [0.25, 0.3) is 5.91 Å². The number of halogens is 2. The maximum atomic E-state index is 12.2. The van der Waals surface area contributed by atoms with Crippen molar-refractivity contribution in [1.29, 1.82) is 0 Å². The molecule has 0 unspecified atom stereocenters. The summed E-state index contributed by atoms with van der Waals surface area (Å²) in [6.45, 7) is 3.73. The first-order chi connectivity index (χ1) is 12.5. The average Bonchev–Trinajstić information content (AvgIpc) is 2.90. The molecule has 0 fully saturated rings. The molecule has 0 atom stereocenters. The van der Waals surface area contributed by atoms with E-state index in [-0.39, 0.29) is 0 Å². The molecule has 0 saturated carbocycles. The number of para-hydroxylation sites is 1. The number of nitrogens with zero attached hydrogens (tertiary/aromatic N) is 3. The van der Waals surface area contributed by atoms with Gasteiger partial charge in [0.15, 0.2) is 0 Å². The van der Waals surface area contributed by atoms with Crippen LogP contribution >= 0.6 is 23.2 Å². The lowest BCUT2D eigenvalue weighted by molar-refractivity contribution is 0.0955. The number of carbonyl (C=O) groups is 1. The van der Waals surface area contributed by atoms with Crippen LogP contribution in [0.15, 0.2) is 53.6 Å². The zero-order chi connectivity index (χ0) is 18.7. The topological polar surface area (TPSA) is 59.3 Å². The summed E-state index contributed by atoms with van der Waals surface area (Å²) in [5.41, 5.74) is 5.97. The Balaban J connectivity index is 1.79. The van der Waals surface area contributed by atoms with Crippen LogP contribution in [0, 0.1) is 13.8 Å². The fourth-order valence-corrected chi connectivity index (χ4v) is 3.06. The number of nitrogens with one attached hydrogen (secondary N) is 1. The van der Waals surface area contributed by atoms with Crippen LogP contribution in [0.1, 0.15) is 27.2 Å². The van der Waals surface area contributed by atoms with Gasteiger partial charge in [0.05, 0.1) is 33.7 Å². The highest BCUT2D eigenvalue weighted by Gasteiger charge is 2.13. The van der Waals surface area contributed by atoms with E-state index in [2.05, 4.69) is 15.6 Å². The molecular weight excluding hydrogens is 371 g/mol. The Bertz CT molecular complexity index is 981. The van der Waals surface area contributed by atoms with Gasteiger partial charge in [-0.05, 0) is 43.7 Å². The molecule has 1 amide bonds. The maximum Gasteiger partial charge on any atom is 0.272 e. The normalized spacial score (nSPS) is 11.1. The summed E-state index contributed by atoms with van der Waals surface area (Å²) in [5.74, 6) is -0.393. The van der Waals surface area contributed by atoms with E-state index in [1.807, 2.05) is 50.2 Å². The molecule has 3 rings (SSSR count). The molecule has 1 heterocycles. The molecule has 0 bridgehead atoms. The zero-order valence-corrected chi connectivity index (χ0v) is 15.7. The molecule has 3 aromatic rings. The molecule has 1 aromatic heterocycles. The van der Waals surface area contributed by atoms with Crippen molar-refractivity contribution in [2.24, 2.45) is 5.10 Å². The molecule has 1 N–H and O–H groups in total. The van der Waals surface area contributed by atoms with Crippen LogP contribution in [0.4, 0.5) is 0 Å². The third-order valence-corrected chi connectivity index (χ3v) is 4.45. The van der Waals surface area contributed by atoms with Crippen molar-refractivity contribution >= 4 is 35.3 Å². The van der Waals surface area contributed by atoms with Gasteiger partial charge in [-0.25, -0.2) is 10.1 Å². The van der Waals surface area contributed by atoms with Crippen molar-refractivity contribution < 1.29 is 4.79 Å². The number of hydrogen-bond acceptors (Lipinski definition) is 3. The van der Waals surface area contributed by atoms with Crippen LogP contribution in [-0.4, -0.2) is 21.9 Å². The van der Waals surface area contributed by atoms with Crippen molar-refractivity contribution in [2.75, 3.05) is 0 Å². The Labute approximate surface area is 161 Å². The smallest absolute Gasteiger partial charge is 0.267 e. The summed E-state index contributed by atoms with van der Waals surface area (Å²) in [4.78, 5) is 12.2. The van der Waals surface area contributed by atoms with Crippen LogP contribution in [0.25, 0.3) is 5.69 Å². The highest BCUT2D eigenvalue weighted by molar-refractivity contribution is 6.34. The summed E-state index contributed by atoms with van der Waals surface area (Å²) in [6.07, 6.45) is 1.48. The van der Waals surface area contributed by atoms with Crippen LogP contribution in [0.2, 0.25) is 10.2 Å².